The number of fused-ring (bicyclic) bond motifs is 15. The molecule has 5 aliphatic carbocycles. The molecule has 22 rings (SSSR count). The number of ether oxygens (including phenoxy) is 3. The Balaban J connectivity index is 0.000000122. The van der Waals surface area contributed by atoms with E-state index in [0.29, 0.717) is 114 Å². The third-order valence-electron chi connectivity index (χ3n) is 24.8. The van der Waals surface area contributed by atoms with Crippen LogP contribution in [0.2, 0.25) is 0 Å². The molecule has 0 atom stereocenters. The number of benzene rings is 7. The van der Waals surface area contributed by atoms with Crippen LogP contribution in [0.3, 0.4) is 0 Å². The molecule has 10 heterocycles. The third kappa shape index (κ3) is 25.4. The van der Waals surface area contributed by atoms with E-state index in [1.54, 1.807) is 102 Å². The van der Waals surface area contributed by atoms with Gasteiger partial charge in [-0.05, 0) is 216 Å². The fraction of sp³-hybridized carbons (Fsp3) is 0.315. The molecule has 0 aliphatic heterocycles. The molecule has 5 aliphatic rings. The molecule has 0 saturated heterocycles. The number of ketones is 3. The Bertz CT molecular complexity index is 7970. The van der Waals surface area contributed by atoms with E-state index < -0.39 is 29.6 Å². The van der Waals surface area contributed by atoms with Crippen LogP contribution in [-0.2, 0) is 37.8 Å². The summed E-state index contributed by atoms with van der Waals surface area (Å²) in [5, 5.41) is 35.9. The molecule has 39 heteroatoms. The maximum absolute atomic E-state index is 13.3. The summed E-state index contributed by atoms with van der Waals surface area (Å²) in [6, 6.07) is 40.2. The molecule has 7 aromatic carbocycles. The number of nitrogens with one attached hydrogen (secondary N) is 8. The lowest BCUT2D eigenvalue weighted by Crippen LogP contribution is -2.21. The van der Waals surface area contributed by atoms with Gasteiger partial charge in [-0.3, -0.25) is 29.5 Å². The van der Waals surface area contributed by atoms with E-state index in [2.05, 4.69) is 97.3 Å². The van der Waals surface area contributed by atoms with Crippen LogP contribution >= 0.6 is 11.8 Å². The number of carbonyl (C=O) groups excluding carboxylic acids is 6. The molecule has 754 valence electrons. The number of alkyl halides is 6. The fourth-order valence-electron chi connectivity index (χ4n) is 16.4. The lowest BCUT2D eigenvalue weighted by atomic mass is 10.0. The molecule has 32 nitrogen and oxygen atoms in total. The zero-order chi connectivity index (χ0) is 103. The third-order valence-corrected chi connectivity index (χ3v) is 25.3. The minimum Gasteiger partial charge on any atom is -0.466 e. The van der Waals surface area contributed by atoms with Crippen molar-refractivity contribution in [1.29, 1.82) is 0 Å². The molecule has 5 fully saturated rings. The molecule has 0 spiro atoms. The number of aromatic nitrogens is 14. The van der Waals surface area contributed by atoms with Crippen LogP contribution in [0.4, 0.5) is 89.2 Å². The van der Waals surface area contributed by atoms with Crippen molar-refractivity contribution in [3.05, 3.63) is 222 Å². The number of hydrogen-bond donors (Lipinski definition) is 8. The number of anilines is 10. The Morgan fingerprint density at radius 2 is 0.918 bits per heavy atom. The van der Waals surface area contributed by atoms with Crippen LogP contribution in [-0.4, -0.2) is 187 Å². The highest BCUT2D eigenvalue weighted by Gasteiger charge is 2.34. The van der Waals surface area contributed by atoms with Crippen molar-refractivity contribution in [1.82, 2.24) is 74.7 Å². The Morgan fingerprint density at radius 3 is 1.43 bits per heavy atom. The predicted molar refractivity (Wildman–Crippen MR) is 559 cm³/mol. The van der Waals surface area contributed by atoms with Gasteiger partial charge >= 0.3 is 30.4 Å². The molecule has 1 amide bonds. The van der Waals surface area contributed by atoms with E-state index in [9.17, 15) is 55.1 Å². The maximum Gasteiger partial charge on any atom is 0.416 e. The number of likely N-dealkylation sites (N-methyl/N-ethyl adjacent to an activating group) is 1. The first-order valence-electron chi connectivity index (χ1n) is 48.5. The van der Waals surface area contributed by atoms with Crippen molar-refractivity contribution in [2.24, 2.45) is 5.92 Å². The lowest BCUT2D eigenvalue weighted by Gasteiger charge is -2.14. The average Bonchev–Trinajstić information content (AvgIpc) is 1.07. The van der Waals surface area contributed by atoms with Crippen LogP contribution in [0.5, 0.6) is 0 Å². The minimum absolute atomic E-state index is 0.0388. The quantitative estimate of drug-likeness (QED) is 0.00394. The average molecular weight is 2020 g/mol. The van der Waals surface area contributed by atoms with Crippen molar-refractivity contribution in [2.75, 3.05) is 89.7 Å². The van der Waals surface area contributed by atoms with Crippen LogP contribution in [0, 0.1) is 5.92 Å². The van der Waals surface area contributed by atoms with Crippen LogP contribution in [0.15, 0.2) is 188 Å². The highest BCUT2D eigenvalue weighted by Crippen LogP contribution is 2.42. The van der Waals surface area contributed by atoms with E-state index in [-0.39, 0.29) is 77.9 Å². The summed E-state index contributed by atoms with van der Waals surface area (Å²) in [6.07, 6.45) is 15.7. The smallest absolute Gasteiger partial charge is 0.416 e. The lowest BCUT2D eigenvalue weighted by molar-refractivity contribution is -0.143. The van der Waals surface area contributed by atoms with Gasteiger partial charge in [-0.2, -0.15) is 26.3 Å². The van der Waals surface area contributed by atoms with Gasteiger partial charge in [0.2, 0.25) is 11.9 Å². The largest absolute Gasteiger partial charge is 0.466 e. The van der Waals surface area contributed by atoms with Crippen LogP contribution in [0.25, 0.3) is 109 Å². The van der Waals surface area contributed by atoms with Gasteiger partial charge in [0, 0.05) is 187 Å². The standard InChI is InChI=1S/C28H26F3N5O3.C25H23F3N6O2.C21H25N5O.C17H16N4O2S.C17H15N3O/c1-2-39-24(38)8-4-7-23(37)16-9-12-20-21-15-32-27(34-18-10-11-18)36-25(21)26(35-22(20)13-16)33-19-6-3-5-17(14-19)28(29,30)31;1-13(2)36-24(35)32-17-8-9-18-19-12-29-23(31-15-6-7-15)34-21(19)22(33-20(18)11-17)30-16-5-3-4-14(10-16)25(26,27)28;1-13(27)15-6-7-16-17-12-23-19(10-14-4-5-14)25-20(17)21(24-18(16)11-15)22-8-9-26(2)3;1-23-16(22)9-3-6-11-12-8-18-17(24-2)21-14(12)15(19-10-4-5-10)20-13(11)7-9;1-10(21)11-2-5-13-15-9-18-7-6-14(15)17(19-12-3-4-12)20-16(13)8-11/h3,5-6,9,12-15,18H,2,4,7-8,10-11H2,1H3,(H,33,35)(H,32,34,36);3-5,8-13,15H,6-7H2,1-2H3,(H,30,33)(H,32,35)(H,29,31,34);6-7,11-12,14H,4-5,8-10H2,1-3H3,(H,22,24);3,6-8,10H,4-5H2,1-2H3,(H,19,20);2,5-9,12H,3-4H2,1H3,(H,19,20). The van der Waals surface area contributed by atoms with Crippen molar-refractivity contribution < 1.29 is 69.3 Å². The number of methoxy groups -OCH3 is 1. The Labute approximate surface area is 843 Å². The summed E-state index contributed by atoms with van der Waals surface area (Å²) in [5.41, 5.74) is 7.43. The molecule has 0 bridgehead atoms. The number of amides is 1. The van der Waals surface area contributed by atoms with Crippen LogP contribution < -0.4 is 42.5 Å². The monoisotopic (exact) mass is 2010 g/mol. The van der Waals surface area contributed by atoms with Crippen molar-refractivity contribution in [3.8, 4) is 0 Å². The number of halogens is 6. The van der Waals surface area contributed by atoms with E-state index in [1.807, 2.05) is 87.5 Å². The minimum atomic E-state index is -4.50. The number of thioether (sulfide) groups is 1. The first kappa shape index (κ1) is 101. The molecule has 0 unspecified atom stereocenters. The highest BCUT2D eigenvalue weighted by atomic mass is 32.2. The number of esters is 2. The van der Waals surface area contributed by atoms with Crippen LogP contribution in [0.1, 0.15) is 176 Å². The second-order valence-corrected chi connectivity index (χ2v) is 38.0. The fourth-order valence-corrected chi connectivity index (χ4v) is 16.7. The van der Waals surface area contributed by atoms with Gasteiger partial charge in [0.1, 0.15) is 33.7 Å². The zero-order valence-electron chi connectivity index (χ0n) is 81.9. The second kappa shape index (κ2) is 43.9. The normalized spacial score (nSPS) is 13.9. The Morgan fingerprint density at radius 1 is 0.456 bits per heavy atom. The summed E-state index contributed by atoms with van der Waals surface area (Å²) >= 11 is 1.50. The molecule has 10 aromatic heterocycles. The number of hydrogen-bond acceptors (Lipinski definition) is 32. The predicted octanol–water partition coefficient (Wildman–Crippen LogP) is 23.0. The van der Waals surface area contributed by atoms with Crippen molar-refractivity contribution in [3.63, 3.8) is 0 Å². The summed E-state index contributed by atoms with van der Waals surface area (Å²) < 4.78 is 94.5. The summed E-state index contributed by atoms with van der Waals surface area (Å²) in [7, 11) is 5.46. The molecule has 5 saturated carbocycles. The van der Waals surface area contributed by atoms with Gasteiger partial charge in [-0.1, -0.05) is 72.4 Å². The summed E-state index contributed by atoms with van der Waals surface area (Å²) in [4.78, 5) is 138. The van der Waals surface area contributed by atoms with Crippen molar-refractivity contribution in [2.45, 2.75) is 172 Å². The number of pyridine rings is 6. The van der Waals surface area contributed by atoms with Gasteiger partial charge in [0.05, 0.1) is 64.1 Å². The van der Waals surface area contributed by atoms with E-state index >= 15 is 0 Å². The maximum atomic E-state index is 13.3. The molecule has 8 N–H and O–H groups in total. The summed E-state index contributed by atoms with van der Waals surface area (Å²) in [5.74, 6) is 4.59. The Hall–Kier alpha value is -15.9. The SMILES string of the molecule is CC(=O)c1ccc2c(c1)nc(NC1CC1)c1ccncc12.CC(=O)c1ccc2c(c1)nc(NCCN(C)C)c1nc(CC3CC3)ncc12.CC(C)OC(=O)Nc1ccc2c(c1)nc(Nc1cccc(C(F)(F)F)c1)c1nc(NC3CC3)ncc12.CCOC(=O)CCCC(=O)c1ccc2c(c1)nc(Nc1cccc(C(F)(F)F)c1)c1nc(NC3CC3)ncc12.COC(=O)c1ccc2c(c1)nc(NC1CC1)c1nc(SC)ncc12. The van der Waals surface area contributed by atoms with Crippen molar-refractivity contribution >= 4 is 214 Å². The van der Waals surface area contributed by atoms with Gasteiger partial charge in [0.15, 0.2) is 45.8 Å². The van der Waals surface area contributed by atoms with Gasteiger partial charge in [-0.25, -0.2) is 74.4 Å². The highest BCUT2D eigenvalue weighted by molar-refractivity contribution is 7.98. The molecule has 17 aromatic rings. The number of rotatable bonds is 30. The first-order valence-corrected chi connectivity index (χ1v) is 49.7. The number of nitrogens with zero attached hydrogens (tertiary/aromatic N) is 15. The van der Waals surface area contributed by atoms with E-state index in [4.69, 9.17) is 34.1 Å². The number of carbonyl (C=O) groups is 6. The summed E-state index contributed by atoms with van der Waals surface area (Å²) in [6.45, 7) is 10.3. The molecular formula is C108H105F6N23O9S. The second-order valence-electron chi connectivity index (χ2n) is 37.2. The Kier molecular flexibility index (Phi) is 30.2. The molecular weight excluding hydrogens is 1910 g/mol. The van der Waals surface area contributed by atoms with E-state index in [1.165, 1.54) is 68.8 Å². The molecule has 147 heavy (non-hydrogen) atoms. The first-order chi connectivity index (χ1) is 70.8. The molecule has 0 radical (unpaired) electrons. The topological polar surface area (TPSA) is 410 Å². The van der Waals surface area contributed by atoms with Gasteiger partial charge < -0.3 is 56.3 Å². The van der Waals surface area contributed by atoms with E-state index in [0.717, 1.165) is 182 Å². The zero-order valence-corrected chi connectivity index (χ0v) is 82.7. The number of Topliss-reactive ketones (excluding diaryl/α,β-unsaturated/α-hetero) is 3. The van der Waals surface area contributed by atoms with Gasteiger partial charge in [-0.15, -0.1) is 0 Å². The van der Waals surface area contributed by atoms with Gasteiger partial charge in [0.25, 0.3) is 0 Å².